The minimum atomic E-state index is -0.311. The SMILES string of the molecule is C.C=Cc1ccc(C(=O)OC)c(C)c1.CC(=O)N(C)C.COC(=O)c1ccc(C2CC(=O)C2)cc1C.Cc1cc(C)nc(C)c1. The average Bonchev–Trinajstić information content (AvgIpc) is 2.94. The first kappa shape index (κ1) is 40.4. The fraction of sp³-hybridized carbons (Fsp3) is 0.378. The van der Waals surface area contributed by atoms with Crippen LogP contribution in [0.2, 0.25) is 0 Å². The second kappa shape index (κ2) is 19.6. The number of aryl methyl sites for hydroxylation is 5. The first-order chi connectivity index (χ1) is 20.6. The zero-order valence-electron chi connectivity index (χ0n) is 27.7. The van der Waals surface area contributed by atoms with E-state index in [0.717, 1.165) is 33.6 Å². The molecule has 0 spiro atoms. The fourth-order valence-corrected chi connectivity index (χ4v) is 4.20. The van der Waals surface area contributed by atoms with Crippen molar-refractivity contribution in [1.82, 2.24) is 9.88 Å². The lowest BCUT2D eigenvalue weighted by Crippen LogP contribution is -2.21. The van der Waals surface area contributed by atoms with Gasteiger partial charge >= 0.3 is 11.9 Å². The standard InChI is InChI=1S/C13H14O3.C11H12O2.C8H11N.C4H9NO.CH4/c1-8-5-9(10-6-11(14)7-10)3-4-12(8)13(15)16-2;1-4-9-5-6-10(8(2)7-9)11(12)13-3;1-6-4-7(2)9-8(3)5-6;1-4(6)5(2)3;/h3-5,10H,6-7H2,1-2H3;4-7H,1H2,2-3H3;4-5H,1-3H3;1-3H3;1H4. The number of pyridine rings is 1. The van der Waals surface area contributed by atoms with Crippen LogP contribution in [0.3, 0.4) is 0 Å². The third-order valence-corrected chi connectivity index (χ3v) is 6.82. The molecule has 45 heavy (non-hydrogen) atoms. The van der Waals surface area contributed by atoms with E-state index in [1.807, 2.05) is 52.0 Å². The largest absolute Gasteiger partial charge is 0.465 e. The second-order valence-electron chi connectivity index (χ2n) is 10.8. The molecule has 1 aliphatic carbocycles. The van der Waals surface area contributed by atoms with Crippen molar-refractivity contribution >= 4 is 29.7 Å². The van der Waals surface area contributed by atoms with E-state index in [9.17, 15) is 19.2 Å². The zero-order valence-corrected chi connectivity index (χ0v) is 27.7. The Morgan fingerprint density at radius 2 is 1.27 bits per heavy atom. The Hall–Kier alpha value is -4.59. The van der Waals surface area contributed by atoms with Crippen LogP contribution < -0.4 is 0 Å². The van der Waals surface area contributed by atoms with Crippen LogP contribution in [0.15, 0.2) is 55.1 Å². The summed E-state index contributed by atoms with van der Waals surface area (Å²) in [6.07, 6.45) is 3.02. The van der Waals surface area contributed by atoms with Gasteiger partial charge in [-0.15, -0.1) is 0 Å². The van der Waals surface area contributed by atoms with Gasteiger partial charge < -0.3 is 14.4 Å². The van der Waals surface area contributed by atoms with Gasteiger partial charge in [-0.25, -0.2) is 9.59 Å². The van der Waals surface area contributed by atoms with E-state index in [4.69, 9.17) is 0 Å². The van der Waals surface area contributed by atoms with Crippen LogP contribution in [0.1, 0.15) is 93.0 Å². The van der Waals surface area contributed by atoms with Gasteiger partial charge in [-0.2, -0.15) is 0 Å². The molecule has 0 saturated heterocycles. The first-order valence-corrected chi connectivity index (χ1v) is 14.2. The Morgan fingerprint density at radius 3 is 1.60 bits per heavy atom. The molecule has 8 heteroatoms. The third kappa shape index (κ3) is 13.7. The molecule has 1 heterocycles. The van der Waals surface area contributed by atoms with E-state index in [0.29, 0.717) is 35.7 Å². The Balaban J connectivity index is 0.000000603. The van der Waals surface area contributed by atoms with E-state index in [1.165, 1.54) is 31.6 Å². The van der Waals surface area contributed by atoms with Crippen molar-refractivity contribution in [2.45, 2.75) is 67.7 Å². The van der Waals surface area contributed by atoms with Gasteiger partial charge in [0.15, 0.2) is 0 Å². The van der Waals surface area contributed by atoms with Gasteiger partial charge in [-0.3, -0.25) is 14.6 Å². The highest BCUT2D eigenvalue weighted by Gasteiger charge is 2.28. The summed E-state index contributed by atoms with van der Waals surface area (Å²) < 4.78 is 9.31. The van der Waals surface area contributed by atoms with Gasteiger partial charge in [0.25, 0.3) is 0 Å². The van der Waals surface area contributed by atoms with Crippen LogP contribution in [-0.2, 0) is 19.1 Å². The highest BCUT2D eigenvalue weighted by molar-refractivity contribution is 5.92. The zero-order chi connectivity index (χ0) is 33.6. The number of hydrogen-bond acceptors (Lipinski definition) is 7. The highest BCUT2D eigenvalue weighted by atomic mass is 16.5. The summed E-state index contributed by atoms with van der Waals surface area (Å²) in [5.41, 5.74) is 8.66. The van der Waals surface area contributed by atoms with Crippen LogP contribution in [0.4, 0.5) is 0 Å². The number of rotatable bonds is 4. The summed E-state index contributed by atoms with van der Waals surface area (Å²) in [5, 5.41) is 0. The number of hydrogen-bond donors (Lipinski definition) is 0. The average molecular weight is 619 g/mol. The van der Waals surface area contributed by atoms with Gasteiger partial charge in [0.2, 0.25) is 5.91 Å². The summed E-state index contributed by atoms with van der Waals surface area (Å²) in [4.78, 5) is 49.3. The van der Waals surface area contributed by atoms with Crippen molar-refractivity contribution in [2.24, 2.45) is 0 Å². The molecule has 4 rings (SSSR count). The molecule has 1 saturated carbocycles. The lowest BCUT2D eigenvalue weighted by atomic mass is 9.78. The minimum absolute atomic E-state index is 0. The molecule has 1 aromatic heterocycles. The maximum Gasteiger partial charge on any atom is 0.338 e. The number of Topliss-reactive ketones (excluding diaryl/α,β-unsaturated/α-hetero) is 1. The predicted molar refractivity (Wildman–Crippen MR) is 182 cm³/mol. The number of carbonyl (C=O) groups excluding carboxylic acids is 4. The van der Waals surface area contributed by atoms with E-state index in [2.05, 4.69) is 40.1 Å². The van der Waals surface area contributed by atoms with Gasteiger partial charge in [0, 0.05) is 45.2 Å². The van der Waals surface area contributed by atoms with Crippen molar-refractivity contribution < 1.29 is 28.7 Å². The topological polar surface area (TPSA) is 103 Å². The van der Waals surface area contributed by atoms with Crippen LogP contribution in [0, 0.1) is 34.6 Å². The summed E-state index contributed by atoms with van der Waals surface area (Å²) in [5.74, 6) is 0.148. The van der Waals surface area contributed by atoms with E-state index >= 15 is 0 Å². The van der Waals surface area contributed by atoms with E-state index < -0.39 is 0 Å². The van der Waals surface area contributed by atoms with Crippen molar-refractivity contribution in [3.63, 3.8) is 0 Å². The molecule has 8 nitrogen and oxygen atoms in total. The molecule has 0 bridgehead atoms. The summed E-state index contributed by atoms with van der Waals surface area (Å²) in [6.45, 7) is 15.1. The van der Waals surface area contributed by atoms with Crippen LogP contribution in [-0.4, -0.2) is 61.8 Å². The van der Waals surface area contributed by atoms with Crippen molar-refractivity contribution in [3.8, 4) is 0 Å². The number of ketones is 1. The Bertz CT molecular complexity index is 1420. The molecule has 0 N–H and O–H groups in total. The van der Waals surface area contributed by atoms with Crippen molar-refractivity contribution in [1.29, 1.82) is 0 Å². The van der Waals surface area contributed by atoms with Gasteiger partial charge in [-0.1, -0.05) is 44.3 Å². The number of ether oxygens (including phenoxy) is 2. The number of amides is 1. The van der Waals surface area contributed by atoms with Crippen LogP contribution in [0.25, 0.3) is 6.08 Å². The Kier molecular flexibility index (Phi) is 17.6. The van der Waals surface area contributed by atoms with Crippen LogP contribution >= 0.6 is 0 Å². The predicted octanol–water partition coefficient (Wildman–Crippen LogP) is 7.39. The fourth-order valence-electron chi connectivity index (χ4n) is 4.20. The normalized spacial score (nSPS) is 11.3. The third-order valence-electron chi connectivity index (χ3n) is 6.82. The molecule has 1 fully saturated rings. The van der Waals surface area contributed by atoms with E-state index in [-0.39, 0.29) is 25.3 Å². The number of carbonyl (C=O) groups is 4. The maximum atomic E-state index is 11.4. The molecule has 0 aliphatic heterocycles. The van der Waals surface area contributed by atoms with Crippen LogP contribution in [0.5, 0.6) is 0 Å². The Morgan fingerprint density at radius 1 is 0.822 bits per heavy atom. The lowest BCUT2D eigenvalue weighted by molar-refractivity contribution is -0.126. The number of benzene rings is 2. The Labute approximate surface area is 269 Å². The molecule has 1 amide bonds. The van der Waals surface area contributed by atoms with Gasteiger partial charge in [0.05, 0.1) is 25.3 Å². The quantitative estimate of drug-likeness (QED) is 0.281. The lowest BCUT2D eigenvalue weighted by Gasteiger charge is -2.25. The summed E-state index contributed by atoms with van der Waals surface area (Å²) in [6, 6.07) is 15.3. The molecular weight excluding hydrogens is 568 g/mol. The minimum Gasteiger partial charge on any atom is -0.465 e. The molecular formula is C37H50N2O6. The number of esters is 2. The molecule has 1 aliphatic rings. The summed E-state index contributed by atoms with van der Waals surface area (Å²) >= 11 is 0. The van der Waals surface area contributed by atoms with E-state index in [1.54, 1.807) is 32.3 Å². The number of methoxy groups -OCH3 is 2. The molecule has 0 radical (unpaired) electrons. The monoisotopic (exact) mass is 618 g/mol. The van der Waals surface area contributed by atoms with Gasteiger partial charge in [-0.05, 0) is 92.6 Å². The number of aromatic nitrogens is 1. The number of nitrogens with zero attached hydrogens (tertiary/aromatic N) is 2. The second-order valence-corrected chi connectivity index (χ2v) is 10.8. The molecule has 0 unspecified atom stereocenters. The smallest absolute Gasteiger partial charge is 0.338 e. The molecule has 2 aromatic carbocycles. The van der Waals surface area contributed by atoms with Crippen molar-refractivity contribution in [3.05, 3.63) is 105 Å². The maximum absolute atomic E-state index is 11.4. The highest BCUT2D eigenvalue weighted by Crippen LogP contribution is 2.34. The molecule has 3 aromatic rings. The van der Waals surface area contributed by atoms with Gasteiger partial charge in [0.1, 0.15) is 5.78 Å². The molecule has 0 atom stereocenters. The summed E-state index contributed by atoms with van der Waals surface area (Å²) in [7, 11) is 6.20. The molecule has 244 valence electrons. The van der Waals surface area contributed by atoms with Crippen molar-refractivity contribution in [2.75, 3.05) is 28.3 Å². The first-order valence-electron chi connectivity index (χ1n) is 14.2.